The lowest BCUT2D eigenvalue weighted by Gasteiger charge is -2.24. The van der Waals surface area contributed by atoms with E-state index in [0.717, 1.165) is 70.6 Å². The van der Waals surface area contributed by atoms with E-state index in [1.165, 1.54) is 57.1 Å². The number of non-ortho nitro benzene ring substituents is 1. The maximum Gasteiger partial charge on any atom is 0.472 e. The number of carbonyl (C=O) groups excluding carboxylic acids is 2. The van der Waals surface area contributed by atoms with Crippen molar-refractivity contribution < 1.29 is 47.0 Å². The summed E-state index contributed by atoms with van der Waals surface area (Å²) in [6, 6.07) is 4.17. The molecule has 0 heterocycles. The van der Waals surface area contributed by atoms with E-state index in [4.69, 9.17) is 24.1 Å². The highest BCUT2D eigenvalue weighted by Gasteiger charge is 2.27. The van der Waals surface area contributed by atoms with Crippen LogP contribution in [0.1, 0.15) is 148 Å². The normalized spacial score (nSPS) is 13.0. The van der Waals surface area contributed by atoms with Crippen LogP contribution in [0.25, 0.3) is 10.4 Å². The van der Waals surface area contributed by atoms with Gasteiger partial charge in [0.05, 0.1) is 38.4 Å². The number of nitro benzene ring substituents is 1. The van der Waals surface area contributed by atoms with Crippen LogP contribution in [0.4, 0.5) is 17.1 Å². The number of anilines is 1. The van der Waals surface area contributed by atoms with Crippen molar-refractivity contribution >= 4 is 36.8 Å². The Kier molecular flexibility index (Phi) is 28.8. The Morgan fingerprint density at radius 1 is 0.842 bits per heavy atom. The summed E-state index contributed by atoms with van der Waals surface area (Å²) in [6.45, 7) is 2.64. The Morgan fingerprint density at radius 2 is 1.37 bits per heavy atom. The number of likely N-dealkylation sites (N-methyl/N-ethyl adjacent to an activating group) is 1. The molecule has 2 N–H and O–H groups in total. The van der Waals surface area contributed by atoms with Crippen LogP contribution in [0.15, 0.2) is 23.3 Å². The Morgan fingerprint density at radius 3 is 1.89 bits per heavy atom. The molecule has 57 heavy (non-hydrogen) atoms. The van der Waals surface area contributed by atoms with E-state index < -0.39 is 37.4 Å². The van der Waals surface area contributed by atoms with Crippen molar-refractivity contribution in [1.29, 1.82) is 0 Å². The number of unbranched alkanes of at least 4 members (excludes halogenated alkanes) is 18. The Bertz CT molecular complexity index is 1370. The molecular formula is C40H72N6O10P+. The van der Waals surface area contributed by atoms with Gasteiger partial charge in [0.2, 0.25) is 0 Å². The number of ether oxygens (including phenoxy) is 2. The molecule has 0 saturated heterocycles. The molecule has 1 aromatic carbocycles. The molecule has 0 amide bonds. The molecule has 0 aromatic heterocycles. The molecule has 0 aliphatic heterocycles. The van der Waals surface area contributed by atoms with Gasteiger partial charge in [-0.3, -0.25) is 28.8 Å². The maximum absolute atomic E-state index is 12.7. The quantitative estimate of drug-likeness (QED) is 0.00741. The number of nitrogens with zero attached hydrogens (tertiary/aromatic N) is 5. The zero-order valence-corrected chi connectivity index (χ0v) is 36.1. The number of azide groups is 1. The van der Waals surface area contributed by atoms with Crippen LogP contribution >= 0.6 is 7.82 Å². The van der Waals surface area contributed by atoms with Crippen molar-refractivity contribution in [2.45, 2.75) is 154 Å². The third-order valence-electron chi connectivity index (χ3n) is 9.37. The highest BCUT2D eigenvalue weighted by Crippen LogP contribution is 2.43. The summed E-state index contributed by atoms with van der Waals surface area (Å²) in [6.07, 6.45) is 20.9. The van der Waals surface area contributed by atoms with Gasteiger partial charge in [-0.25, -0.2) is 4.57 Å². The number of hydrogen-bond donors (Lipinski definition) is 2. The third kappa shape index (κ3) is 29.6. The van der Waals surface area contributed by atoms with Gasteiger partial charge in [-0.2, -0.15) is 0 Å². The largest absolute Gasteiger partial charge is 0.472 e. The van der Waals surface area contributed by atoms with Gasteiger partial charge in [0.1, 0.15) is 19.8 Å². The highest BCUT2D eigenvalue weighted by molar-refractivity contribution is 7.47. The predicted molar refractivity (Wildman–Crippen MR) is 223 cm³/mol. The van der Waals surface area contributed by atoms with Crippen LogP contribution in [-0.4, -0.2) is 86.4 Å². The summed E-state index contributed by atoms with van der Waals surface area (Å²) >= 11 is 0. The Labute approximate surface area is 340 Å². The third-order valence-corrected chi connectivity index (χ3v) is 10.4. The molecule has 16 nitrogen and oxygen atoms in total. The second-order valence-corrected chi connectivity index (χ2v) is 17.2. The minimum Gasteiger partial charge on any atom is -0.462 e. The number of phosphoric ester groups is 1. The van der Waals surface area contributed by atoms with Crippen LogP contribution in [0.3, 0.4) is 0 Å². The van der Waals surface area contributed by atoms with E-state index in [9.17, 15) is 29.2 Å². The summed E-state index contributed by atoms with van der Waals surface area (Å²) in [7, 11) is 1.37. The zero-order chi connectivity index (χ0) is 42.2. The molecule has 0 radical (unpaired) electrons. The average molecular weight is 828 g/mol. The number of hydrogen-bond acceptors (Lipinski definition) is 11. The maximum atomic E-state index is 12.7. The first-order valence-corrected chi connectivity index (χ1v) is 22.6. The smallest absolute Gasteiger partial charge is 0.462 e. The van der Waals surface area contributed by atoms with Gasteiger partial charge < -0.3 is 24.2 Å². The summed E-state index contributed by atoms with van der Waals surface area (Å²) in [5.41, 5.74) is 9.39. The fourth-order valence-electron chi connectivity index (χ4n) is 5.97. The molecule has 0 bridgehead atoms. The van der Waals surface area contributed by atoms with E-state index in [0.29, 0.717) is 36.1 Å². The molecule has 1 aromatic rings. The van der Waals surface area contributed by atoms with Gasteiger partial charge in [-0.15, -0.1) is 0 Å². The van der Waals surface area contributed by atoms with Gasteiger partial charge >= 0.3 is 19.8 Å². The standard InChI is InChI=1S/C40H71N6O10P/c1-5-6-7-8-9-10-11-13-16-19-22-25-39(47)53-33-36(34-55-57(51,52)54-31-30-46(2,3)4)56-40(48)26-23-20-17-14-12-15-18-21-24-29-42-37-28-27-35(45(49)50)32-38(37)43-44-41/h27-28,32,36,42H,5-26,29-31,33-34H2,1-4H3/p+1/t36-/m1/s1. The molecule has 0 fully saturated rings. The molecule has 0 aliphatic carbocycles. The van der Waals surface area contributed by atoms with Crippen LogP contribution < -0.4 is 5.32 Å². The van der Waals surface area contributed by atoms with E-state index in [-0.39, 0.29) is 37.4 Å². The van der Waals surface area contributed by atoms with E-state index >= 15 is 0 Å². The van der Waals surface area contributed by atoms with Gasteiger partial charge in [0, 0.05) is 42.1 Å². The molecule has 1 unspecified atom stereocenters. The van der Waals surface area contributed by atoms with Crippen LogP contribution in [0, 0.1) is 10.1 Å². The number of rotatable bonds is 37. The Hall–Kier alpha value is -3.26. The van der Waals surface area contributed by atoms with Crippen LogP contribution in [0.5, 0.6) is 0 Å². The van der Waals surface area contributed by atoms with Crippen LogP contribution in [0.2, 0.25) is 0 Å². The lowest BCUT2D eigenvalue weighted by molar-refractivity contribution is -0.870. The molecule has 17 heteroatoms. The minimum absolute atomic E-state index is 0.00123. The number of nitrogens with one attached hydrogen (secondary N) is 1. The number of carbonyl (C=O) groups is 2. The summed E-state index contributed by atoms with van der Waals surface area (Å²) in [5.74, 6) is -0.893. The number of nitro groups is 1. The molecule has 2 atom stereocenters. The molecule has 1 rings (SSSR count). The number of esters is 2. The number of phosphoric acid groups is 1. The number of quaternary nitrogens is 1. The number of benzene rings is 1. The highest BCUT2D eigenvalue weighted by atomic mass is 31.2. The molecular weight excluding hydrogens is 755 g/mol. The van der Waals surface area contributed by atoms with Gasteiger partial charge in [0.25, 0.3) is 5.69 Å². The van der Waals surface area contributed by atoms with Gasteiger partial charge in [-0.05, 0) is 30.9 Å². The van der Waals surface area contributed by atoms with Gasteiger partial charge in [0.15, 0.2) is 6.10 Å². The van der Waals surface area contributed by atoms with Crippen molar-refractivity contribution in [2.24, 2.45) is 5.11 Å². The first-order chi connectivity index (χ1) is 27.3. The molecule has 0 aliphatic rings. The van der Waals surface area contributed by atoms with E-state index in [1.54, 1.807) is 6.07 Å². The SMILES string of the molecule is CCCCCCCCCCCCCC(=O)OC[C@H](COP(=O)(O)OCC[N+](C)(C)C)OC(=O)CCCCCCCCCCCNc1ccc([N+](=O)[O-])cc1N=[N+]=[N-]. The predicted octanol–water partition coefficient (Wildman–Crippen LogP) is 10.8. The average Bonchev–Trinajstić information content (AvgIpc) is 3.15. The Balaban J connectivity index is 2.33. The summed E-state index contributed by atoms with van der Waals surface area (Å²) in [4.78, 5) is 48.5. The van der Waals surface area contributed by atoms with Crippen molar-refractivity contribution in [3.05, 3.63) is 38.8 Å². The first kappa shape index (κ1) is 51.8. The van der Waals surface area contributed by atoms with E-state index in [1.807, 2.05) is 21.1 Å². The zero-order valence-electron chi connectivity index (χ0n) is 35.2. The lowest BCUT2D eigenvalue weighted by atomic mass is 10.1. The topological polar surface area (TPSA) is 212 Å². The van der Waals surface area contributed by atoms with Crippen molar-refractivity contribution in [2.75, 3.05) is 59.4 Å². The van der Waals surface area contributed by atoms with Crippen LogP contribution in [-0.2, 0) is 32.7 Å². The van der Waals surface area contributed by atoms with Crippen molar-refractivity contribution in [3.63, 3.8) is 0 Å². The van der Waals surface area contributed by atoms with Crippen molar-refractivity contribution in [1.82, 2.24) is 0 Å². The minimum atomic E-state index is -4.41. The fraction of sp³-hybridized carbons (Fsp3) is 0.800. The summed E-state index contributed by atoms with van der Waals surface area (Å²) in [5, 5.41) is 17.7. The lowest BCUT2D eigenvalue weighted by Crippen LogP contribution is -2.37. The first-order valence-electron chi connectivity index (χ1n) is 21.1. The molecule has 0 spiro atoms. The molecule has 326 valence electrons. The fourth-order valence-corrected chi connectivity index (χ4v) is 6.71. The van der Waals surface area contributed by atoms with E-state index in [2.05, 4.69) is 22.3 Å². The second-order valence-electron chi connectivity index (χ2n) is 15.7. The summed E-state index contributed by atoms with van der Waals surface area (Å²) < 4.78 is 34.2. The molecule has 0 saturated carbocycles. The van der Waals surface area contributed by atoms with Crippen molar-refractivity contribution in [3.8, 4) is 0 Å². The monoisotopic (exact) mass is 828 g/mol. The second kappa shape index (κ2) is 31.7. The van der Waals surface area contributed by atoms with Gasteiger partial charge in [-0.1, -0.05) is 121 Å².